The first-order valence-electron chi connectivity index (χ1n) is 7.49. The molecule has 2 aliphatic rings. The Kier molecular flexibility index (Phi) is 5.27. The number of carbonyl (C=O) groups is 1. The van der Waals surface area contributed by atoms with Crippen LogP contribution in [-0.2, 0) is 9.53 Å². The molecule has 0 atom stereocenters. The van der Waals surface area contributed by atoms with Crippen molar-refractivity contribution < 1.29 is 9.53 Å². The summed E-state index contributed by atoms with van der Waals surface area (Å²) in [7, 11) is 0. The lowest BCUT2D eigenvalue weighted by Gasteiger charge is -2.33. The first-order valence-corrected chi connectivity index (χ1v) is 8.71. The topological polar surface area (TPSA) is 32.8 Å². The van der Waals surface area contributed by atoms with Crippen LogP contribution in [0.1, 0.15) is 12.5 Å². The minimum absolute atomic E-state index is 0.0392. The van der Waals surface area contributed by atoms with E-state index in [0.29, 0.717) is 35.5 Å². The van der Waals surface area contributed by atoms with Gasteiger partial charge in [0.05, 0.1) is 18.1 Å². The van der Waals surface area contributed by atoms with Crippen molar-refractivity contribution in [1.29, 1.82) is 0 Å². The number of thiocarbonyl (C=S) groups is 1. The standard InChI is InChI=1S/C17H18N2O2S2/c1-13(11-14-5-3-2-4-6-14)12-15-16(20)19(17(22)23-15)18-7-9-21-10-8-18/h2-6,11-12H,7-10H2,1H3/b13-11+,15-12-. The van der Waals surface area contributed by atoms with Crippen LogP contribution in [0.2, 0.25) is 0 Å². The summed E-state index contributed by atoms with van der Waals surface area (Å²) in [4.78, 5) is 13.3. The Balaban J connectivity index is 1.77. The minimum Gasteiger partial charge on any atom is -0.379 e. The molecule has 2 aliphatic heterocycles. The maximum atomic E-state index is 12.6. The molecule has 0 aliphatic carbocycles. The summed E-state index contributed by atoms with van der Waals surface area (Å²) in [5, 5.41) is 3.59. The van der Waals surface area contributed by atoms with Crippen LogP contribution in [0.3, 0.4) is 0 Å². The fourth-order valence-corrected chi connectivity index (χ4v) is 3.88. The van der Waals surface area contributed by atoms with Crippen LogP contribution in [0.4, 0.5) is 0 Å². The van der Waals surface area contributed by atoms with Crippen molar-refractivity contribution in [3.8, 4) is 0 Å². The van der Waals surface area contributed by atoms with Gasteiger partial charge in [0.1, 0.15) is 0 Å². The van der Waals surface area contributed by atoms with Crippen molar-refractivity contribution in [3.63, 3.8) is 0 Å². The second-order valence-corrected chi connectivity index (χ2v) is 7.03. The Hall–Kier alpha value is -1.47. The number of nitrogens with zero attached hydrogens (tertiary/aromatic N) is 2. The highest BCUT2D eigenvalue weighted by atomic mass is 32.2. The zero-order chi connectivity index (χ0) is 16.2. The van der Waals surface area contributed by atoms with E-state index >= 15 is 0 Å². The van der Waals surface area contributed by atoms with Crippen molar-refractivity contribution in [2.75, 3.05) is 26.3 Å². The normalized spacial score (nSPS) is 22.2. The fraction of sp³-hybridized carbons (Fsp3) is 0.294. The number of hydrazine groups is 1. The van der Waals surface area contributed by atoms with Crippen LogP contribution >= 0.6 is 24.0 Å². The quantitative estimate of drug-likeness (QED) is 0.620. The lowest BCUT2D eigenvalue weighted by atomic mass is 10.1. The molecule has 2 saturated heterocycles. The van der Waals surface area contributed by atoms with Crippen molar-refractivity contribution in [1.82, 2.24) is 10.0 Å². The molecular weight excluding hydrogens is 328 g/mol. The van der Waals surface area contributed by atoms with Crippen molar-refractivity contribution in [3.05, 3.63) is 52.4 Å². The van der Waals surface area contributed by atoms with Gasteiger partial charge in [-0.2, -0.15) is 0 Å². The number of thioether (sulfide) groups is 1. The van der Waals surface area contributed by atoms with Gasteiger partial charge in [-0.25, -0.2) is 10.0 Å². The van der Waals surface area contributed by atoms with Crippen molar-refractivity contribution in [2.24, 2.45) is 0 Å². The molecule has 4 nitrogen and oxygen atoms in total. The molecule has 0 aromatic heterocycles. The fourth-order valence-electron chi connectivity index (χ4n) is 2.52. The predicted molar refractivity (Wildman–Crippen MR) is 97.6 cm³/mol. The van der Waals surface area contributed by atoms with E-state index in [4.69, 9.17) is 17.0 Å². The lowest BCUT2D eigenvalue weighted by Crippen LogP contribution is -2.50. The Morgan fingerprint density at radius 2 is 1.96 bits per heavy atom. The number of rotatable bonds is 3. The molecule has 23 heavy (non-hydrogen) atoms. The zero-order valence-electron chi connectivity index (χ0n) is 12.9. The molecule has 0 saturated carbocycles. The lowest BCUT2D eigenvalue weighted by molar-refractivity contribution is -0.138. The maximum Gasteiger partial charge on any atom is 0.280 e. The van der Waals surface area contributed by atoms with Gasteiger partial charge in [0.15, 0.2) is 4.32 Å². The van der Waals surface area contributed by atoms with Gasteiger partial charge in [-0.15, -0.1) is 0 Å². The largest absolute Gasteiger partial charge is 0.379 e. The van der Waals surface area contributed by atoms with Crippen molar-refractivity contribution in [2.45, 2.75) is 6.92 Å². The molecule has 2 fully saturated rings. The van der Waals surface area contributed by atoms with Gasteiger partial charge in [-0.05, 0) is 24.1 Å². The highest BCUT2D eigenvalue weighted by Crippen LogP contribution is 2.33. The number of hydrogen-bond acceptors (Lipinski definition) is 5. The molecule has 0 spiro atoms. The number of hydrogen-bond donors (Lipinski definition) is 0. The number of benzene rings is 1. The molecule has 1 aromatic carbocycles. The van der Waals surface area contributed by atoms with Gasteiger partial charge >= 0.3 is 0 Å². The van der Waals surface area contributed by atoms with E-state index in [-0.39, 0.29) is 5.91 Å². The third kappa shape index (κ3) is 3.90. The number of allylic oxidation sites excluding steroid dienone is 2. The van der Waals surface area contributed by atoms with Gasteiger partial charge in [-0.3, -0.25) is 4.79 Å². The van der Waals surface area contributed by atoms with Gasteiger partial charge in [0.25, 0.3) is 5.91 Å². The summed E-state index contributed by atoms with van der Waals surface area (Å²) in [5.74, 6) is -0.0392. The predicted octanol–water partition coefficient (Wildman–Crippen LogP) is 3.08. The Bertz CT molecular complexity index is 664. The summed E-state index contributed by atoms with van der Waals surface area (Å²) < 4.78 is 5.93. The second-order valence-electron chi connectivity index (χ2n) is 5.36. The molecule has 0 radical (unpaired) electrons. The Morgan fingerprint density at radius 1 is 1.26 bits per heavy atom. The molecule has 0 N–H and O–H groups in total. The monoisotopic (exact) mass is 346 g/mol. The first kappa shape index (κ1) is 16.4. The van der Waals surface area contributed by atoms with Crippen LogP contribution in [0.15, 0.2) is 46.9 Å². The maximum absolute atomic E-state index is 12.6. The van der Waals surface area contributed by atoms with E-state index in [0.717, 1.165) is 11.1 Å². The van der Waals surface area contributed by atoms with E-state index in [2.05, 4.69) is 6.08 Å². The SMILES string of the molecule is CC(/C=C1\SC(=S)N(N2CCOCC2)C1=O)=C\c1ccccc1. The highest BCUT2D eigenvalue weighted by Gasteiger charge is 2.36. The third-order valence-electron chi connectivity index (χ3n) is 3.60. The smallest absolute Gasteiger partial charge is 0.280 e. The van der Waals surface area contributed by atoms with Gasteiger partial charge < -0.3 is 4.74 Å². The third-order valence-corrected chi connectivity index (χ3v) is 4.88. The van der Waals surface area contributed by atoms with Crippen LogP contribution in [0, 0.1) is 0 Å². The minimum atomic E-state index is -0.0392. The van der Waals surface area contributed by atoms with Crippen LogP contribution in [0.25, 0.3) is 6.08 Å². The van der Waals surface area contributed by atoms with E-state index < -0.39 is 0 Å². The van der Waals surface area contributed by atoms with Gasteiger partial charge in [0.2, 0.25) is 0 Å². The average Bonchev–Trinajstić information content (AvgIpc) is 2.83. The molecule has 0 bridgehead atoms. The van der Waals surface area contributed by atoms with Crippen LogP contribution in [-0.4, -0.2) is 46.5 Å². The number of carbonyl (C=O) groups excluding carboxylic acids is 1. The van der Waals surface area contributed by atoms with E-state index in [1.807, 2.05) is 48.3 Å². The van der Waals surface area contributed by atoms with E-state index in [9.17, 15) is 4.79 Å². The van der Waals surface area contributed by atoms with Gasteiger partial charge in [-0.1, -0.05) is 60.4 Å². The van der Waals surface area contributed by atoms with Crippen LogP contribution in [0.5, 0.6) is 0 Å². The second kappa shape index (κ2) is 7.40. The molecule has 6 heteroatoms. The Labute approximate surface area is 145 Å². The van der Waals surface area contributed by atoms with Crippen molar-refractivity contribution >= 4 is 40.3 Å². The molecule has 0 unspecified atom stereocenters. The van der Waals surface area contributed by atoms with Crippen LogP contribution < -0.4 is 0 Å². The first-order chi connectivity index (χ1) is 11.1. The molecule has 120 valence electrons. The summed E-state index contributed by atoms with van der Waals surface area (Å²) in [6.07, 6.45) is 3.97. The summed E-state index contributed by atoms with van der Waals surface area (Å²) in [6.45, 7) is 4.64. The highest BCUT2D eigenvalue weighted by molar-refractivity contribution is 8.26. The molecular formula is C17H18N2O2S2. The number of amides is 1. The van der Waals surface area contributed by atoms with E-state index in [1.54, 1.807) is 5.01 Å². The Morgan fingerprint density at radius 3 is 2.65 bits per heavy atom. The van der Waals surface area contributed by atoms with Gasteiger partial charge in [0, 0.05) is 13.1 Å². The summed E-state index contributed by atoms with van der Waals surface area (Å²) >= 11 is 6.74. The zero-order valence-corrected chi connectivity index (χ0v) is 14.5. The summed E-state index contributed by atoms with van der Waals surface area (Å²) in [6, 6.07) is 10.1. The molecule has 1 amide bonds. The number of morpholine rings is 1. The molecule has 1 aromatic rings. The van der Waals surface area contributed by atoms with E-state index in [1.165, 1.54) is 11.8 Å². The average molecular weight is 346 g/mol. The summed E-state index contributed by atoms with van der Waals surface area (Å²) in [5.41, 5.74) is 2.14. The molecule has 3 rings (SSSR count). The number of ether oxygens (including phenoxy) is 1. The molecule has 2 heterocycles.